The van der Waals surface area contributed by atoms with Crippen LogP contribution in [0.2, 0.25) is 5.02 Å². The van der Waals surface area contributed by atoms with Crippen molar-refractivity contribution in [3.05, 3.63) is 70.4 Å². The molecule has 0 aliphatic carbocycles. The first-order chi connectivity index (χ1) is 14.1. The molecular formula is C24H28ClN2O2+. The minimum Gasteiger partial charge on any atom is -0.464 e. The lowest BCUT2D eigenvalue weighted by atomic mass is 10.0. The number of aryl methyl sites for hydroxylation is 1. The van der Waals surface area contributed by atoms with Gasteiger partial charge in [-0.15, -0.1) is 0 Å². The van der Waals surface area contributed by atoms with Crippen molar-refractivity contribution in [2.45, 2.75) is 45.2 Å². The van der Waals surface area contributed by atoms with Crippen molar-refractivity contribution in [1.29, 1.82) is 0 Å². The van der Waals surface area contributed by atoms with Crippen LogP contribution in [0, 0.1) is 0 Å². The maximum atomic E-state index is 12.6. The third kappa shape index (κ3) is 5.01. The lowest BCUT2D eigenvalue weighted by Crippen LogP contribution is -3.12. The number of amides is 1. The summed E-state index contributed by atoms with van der Waals surface area (Å²) in [6.07, 6.45) is 5.10. The van der Waals surface area contributed by atoms with Gasteiger partial charge in [0, 0.05) is 40.4 Å². The molecule has 0 spiro atoms. The quantitative estimate of drug-likeness (QED) is 0.651. The Bertz CT molecular complexity index is 972. The van der Waals surface area contributed by atoms with Crippen molar-refractivity contribution in [3.8, 4) is 0 Å². The lowest BCUT2D eigenvalue weighted by molar-refractivity contribution is -0.918. The van der Waals surface area contributed by atoms with Crippen LogP contribution in [-0.4, -0.2) is 25.0 Å². The minimum atomic E-state index is 0.0819. The first-order valence-corrected chi connectivity index (χ1v) is 10.8. The van der Waals surface area contributed by atoms with E-state index in [9.17, 15) is 4.79 Å². The zero-order valence-electron chi connectivity index (χ0n) is 16.8. The summed E-state index contributed by atoms with van der Waals surface area (Å²) < 4.78 is 5.67. The third-order valence-electron chi connectivity index (χ3n) is 5.90. The Labute approximate surface area is 176 Å². The average molecular weight is 412 g/mol. The number of nitrogens with one attached hydrogen (secondary N) is 2. The van der Waals surface area contributed by atoms with E-state index in [1.807, 2.05) is 12.1 Å². The molecule has 29 heavy (non-hydrogen) atoms. The van der Waals surface area contributed by atoms with Crippen LogP contribution in [0.1, 0.15) is 36.5 Å². The fraction of sp³-hybridized carbons (Fsp3) is 0.375. The minimum absolute atomic E-state index is 0.0819. The smallest absolute Gasteiger partial charge is 0.224 e. The summed E-state index contributed by atoms with van der Waals surface area (Å²) in [6, 6.07) is 14.6. The molecule has 0 atom stereocenters. The number of fused-ring (bicyclic) bond motifs is 1. The number of hydrogen-bond acceptors (Lipinski definition) is 2. The molecule has 1 saturated heterocycles. The standard InChI is InChI=1S/C24H27ClN2O2/c1-2-17-5-8-22-19(16-29-23(22)13-17)14-24(28)26-21-9-11-27(12-10-21)15-18-3-6-20(25)7-4-18/h3-8,13,16,21H,2,9-12,14-15H2,1H3,(H,26,28)/p+1. The Hall–Kier alpha value is -2.30. The molecule has 0 saturated carbocycles. The highest BCUT2D eigenvalue weighted by Gasteiger charge is 2.24. The fourth-order valence-corrected chi connectivity index (χ4v) is 4.30. The fourth-order valence-electron chi connectivity index (χ4n) is 4.17. The van der Waals surface area contributed by atoms with Gasteiger partial charge in [0.05, 0.1) is 25.8 Å². The third-order valence-corrected chi connectivity index (χ3v) is 6.16. The molecule has 2 N–H and O–H groups in total. The SMILES string of the molecule is CCc1ccc2c(CC(=O)NC3CC[NH+](Cc4ccc(Cl)cc4)CC3)coc2c1. The summed E-state index contributed by atoms with van der Waals surface area (Å²) in [5, 5.41) is 5.05. The van der Waals surface area contributed by atoms with Gasteiger partial charge in [0.2, 0.25) is 5.91 Å². The van der Waals surface area contributed by atoms with Crippen LogP contribution >= 0.6 is 11.6 Å². The molecule has 1 amide bonds. The molecule has 2 heterocycles. The van der Waals surface area contributed by atoms with Crippen molar-refractivity contribution in [3.63, 3.8) is 0 Å². The molecule has 1 aliphatic rings. The Balaban J connectivity index is 1.27. The summed E-state index contributed by atoms with van der Waals surface area (Å²) in [6.45, 7) is 5.28. The van der Waals surface area contributed by atoms with Gasteiger partial charge in [0.15, 0.2) is 0 Å². The number of benzene rings is 2. The van der Waals surface area contributed by atoms with Crippen LogP contribution in [0.25, 0.3) is 11.0 Å². The van der Waals surface area contributed by atoms with E-state index in [0.29, 0.717) is 6.42 Å². The normalized spacial score (nSPS) is 19.4. The molecular weight excluding hydrogens is 384 g/mol. The van der Waals surface area contributed by atoms with Gasteiger partial charge < -0.3 is 14.6 Å². The van der Waals surface area contributed by atoms with Crippen molar-refractivity contribution < 1.29 is 14.1 Å². The molecule has 0 bridgehead atoms. The predicted molar refractivity (Wildman–Crippen MR) is 116 cm³/mol. The van der Waals surface area contributed by atoms with Gasteiger partial charge in [0.1, 0.15) is 12.1 Å². The Morgan fingerprint density at radius 3 is 2.59 bits per heavy atom. The molecule has 4 nitrogen and oxygen atoms in total. The van der Waals surface area contributed by atoms with Crippen LogP contribution in [0.3, 0.4) is 0 Å². The predicted octanol–water partition coefficient (Wildman–Crippen LogP) is 3.55. The molecule has 1 aliphatic heterocycles. The molecule has 5 heteroatoms. The van der Waals surface area contributed by atoms with Gasteiger partial charge in [-0.25, -0.2) is 0 Å². The van der Waals surface area contributed by atoms with Crippen molar-refractivity contribution in [2.75, 3.05) is 13.1 Å². The van der Waals surface area contributed by atoms with Crippen LogP contribution in [0.5, 0.6) is 0 Å². The topological polar surface area (TPSA) is 46.7 Å². The highest BCUT2D eigenvalue weighted by molar-refractivity contribution is 6.30. The van der Waals surface area contributed by atoms with Crippen LogP contribution in [0.15, 0.2) is 53.1 Å². The maximum absolute atomic E-state index is 12.6. The van der Waals surface area contributed by atoms with Gasteiger partial charge in [-0.1, -0.05) is 42.8 Å². The van der Waals surface area contributed by atoms with Gasteiger partial charge in [-0.05, 0) is 30.2 Å². The molecule has 152 valence electrons. The van der Waals surface area contributed by atoms with E-state index in [2.05, 4.69) is 42.6 Å². The lowest BCUT2D eigenvalue weighted by Gasteiger charge is -2.29. The van der Waals surface area contributed by atoms with E-state index >= 15 is 0 Å². The summed E-state index contributed by atoms with van der Waals surface area (Å²) >= 11 is 5.97. The molecule has 0 unspecified atom stereocenters. The van der Waals surface area contributed by atoms with E-state index in [0.717, 1.165) is 60.5 Å². The summed E-state index contributed by atoms with van der Waals surface area (Å²) in [5.74, 6) is 0.0819. The van der Waals surface area contributed by atoms with Gasteiger partial charge >= 0.3 is 0 Å². The summed E-state index contributed by atoms with van der Waals surface area (Å²) in [5.41, 5.74) is 4.39. The Kier molecular flexibility index (Phi) is 6.22. The van der Waals surface area contributed by atoms with Crippen LogP contribution < -0.4 is 10.2 Å². The zero-order valence-corrected chi connectivity index (χ0v) is 17.6. The number of carbonyl (C=O) groups excluding carboxylic acids is 1. The van der Waals surface area contributed by atoms with Crippen LogP contribution in [0.4, 0.5) is 0 Å². The molecule has 2 aromatic carbocycles. The van der Waals surface area contributed by atoms with E-state index in [1.165, 1.54) is 11.1 Å². The highest BCUT2D eigenvalue weighted by Crippen LogP contribution is 2.23. The zero-order chi connectivity index (χ0) is 20.2. The van der Waals surface area contributed by atoms with Crippen LogP contribution in [-0.2, 0) is 24.2 Å². The summed E-state index contributed by atoms with van der Waals surface area (Å²) in [4.78, 5) is 14.1. The monoisotopic (exact) mass is 411 g/mol. The number of carbonyl (C=O) groups is 1. The highest BCUT2D eigenvalue weighted by atomic mass is 35.5. The van der Waals surface area contributed by atoms with E-state index in [1.54, 1.807) is 11.2 Å². The Morgan fingerprint density at radius 2 is 1.86 bits per heavy atom. The first kappa shape index (κ1) is 20.0. The number of piperidine rings is 1. The number of rotatable bonds is 6. The largest absolute Gasteiger partial charge is 0.464 e. The second kappa shape index (κ2) is 9.02. The number of furan rings is 1. The number of quaternary nitrogens is 1. The Morgan fingerprint density at radius 1 is 1.14 bits per heavy atom. The van der Waals surface area contributed by atoms with E-state index in [-0.39, 0.29) is 11.9 Å². The maximum Gasteiger partial charge on any atom is 0.224 e. The molecule has 1 fully saturated rings. The molecule has 1 aromatic heterocycles. The molecule has 0 radical (unpaired) electrons. The van der Waals surface area contributed by atoms with Gasteiger partial charge in [-0.3, -0.25) is 4.79 Å². The molecule has 3 aromatic rings. The molecule has 4 rings (SSSR count). The number of likely N-dealkylation sites (tertiary alicyclic amines) is 1. The number of halogens is 1. The average Bonchev–Trinajstić information content (AvgIpc) is 3.13. The number of hydrogen-bond donors (Lipinski definition) is 2. The van der Waals surface area contributed by atoms with Crippen molar-refractivity contribution in [1.82, 2.24) is 5.32 Å². The van der Waals surface area contributed by atoms with E-state index in [4.69, 9.17) is 16.0 Å². The second-order valence-corrected chi connectivity index (χ2v) is 8.45. The van der Waals surface area contributed by atoms with E-state index < -0.39 is 0 Å². The van der Waals surface area contributed by atoms with Gasteiger partial charge in [-0.2, -0.15) is 0 Å². The van der Waals surface area contributed by atoms with Crippen molar-refractivity contribution >= 4 is 28.5 Å². The second-order valence-electron chi connectivity index (χ2n) is 8.02. The summed E-state index contributed by atoms with van der Waals surface area (Å²) in [7, 11) is 0. The van der Waals surface area contributed by atoms with Crippen molar-refractivity contribution in [2.24, 2.45) is 0 Å². The first-order valence-electron chi connectivity index (χ1n) is 10.5. The van der Waals surface area contributed by atoms with Gasteiger partial charge in [0.25, 0.3) is 0 Å².